The minimum Gasteiger partial charge on any atom is -0.361 e. The van der Waals surface area contributed by atoms with E-state index in [1.807, 2.05) is 13.8 Å². The molecule has 1 saturated heterocycles. The third kappa shape index (κ3) is 3.05. The molecule has 1 N–H and O–H groups in total. The van der Waals surface area contributed by atoms with Gasteiger partial charge in [0.25, 0.3) is 0 Å². The second kappa shape index (κ2) is 5.88. The van der Waals surface area contributed by atoms with Crippen molar-refractivity contribution in [2.45, 2.75) is 32.1 Å². The maximum Gasteiger partial charge on any atom is 0.312 e. The highest BCUT2D eigenvalue weighted by Gasteiger charge is 2.38. The zero-order chi connectivity index (χ0) is 17.6. The highest BCUT2D eigenvalue weighted by molar-refractivity contribution is 7.88. The average molecular weight is 360 g/mol. The van der Waals surface area contributed by atoms with Gasteiger partial charge >= 0.3 is 6.08 Å². The lowest BCUT2D eigenvalue weighted by molar-refractivity contribution is 0.330. The van der Waals surface area contributed by atoms with Gasteiger partial charge in [-0.2, -0.15) is 18.7 Å². The number of hydrogen-bond acceptors (Lipinski definition) is 6. The van der Waals surface area contributed by atoms with Crippen molar-refractivity contribution in [3.63, 3.8) is 0 Å². The number of imidazole rings is 1. The lowest BCUT2D eigenvalue weighted by Crippen LogP contribution is -2.32. The molecule has 0 unspecified atom stereocenters. The van der Waals surface area contributed by atoms with Gasteiger partial charge < -0.3 is 9.88 Å². The number of aromatic nitrogens is 4. The molecule has 2 aromatic rings. The van der Waals surface area contributed by atoms with Crippen molar-refractivity contribution in [1.82, 2.24) is 23.8 Å². The monoisotopic (exact) mass is 360 g/mol. The maximum atomic E-state index is 14.2. The lowest BCUT2D eigenvalue weighted by Gasteiger charge is -2.16. The Kier molecular flexibility index (Phi) is 4.16. The van der Waals surface area contributed by atoms with Crippen molar-refractivity contribution < 1.29 is 17.2 Å². The summed E-state index contributed by atoms with van der Waals surface area (Å²) in [6.45, 7) is 3.49. The number of sulfonamides is 1. The summed E-state index contributed by atoms with van der Waals surface area (Å²) in [5, 5.41) is 2.78. The second-order valence-electron chi connectivity index (χ2n) is 6.11. The molecular formula is C13H18F2N6O2S. The van der Waals surface area contributed by atoms with Crippen molar-refractivity contribution in [2.24, 2.45) is 0 Å². The third-order valence-electron chi connectivity index (χ3n) is 3.96. The SMILES string of the molecule is CC(C)n1cnc2c(N[C@@H]3CN(S(C)(=O)=O)C[C@H]3F)nc(F)nc21. The van der Waals surface area contributed by atoms with Crippen LogP contribution in [0, 0.1) is 6.08 Å². The van der Waals surface area contributed by atoms with E-state index >= 15 is 0 Å². The molecule has 132 valence electrons. The van der Waals surface area contributed by atoms with Crippen LogP contribution in [0.2, 0.25) is 0 Å². The zero-order valence-electron chi connectivity index (χ0n) is 13.4. The van der Waals surface area contributed by atoms with Crippen molar-refractivity contribution >= 4 is 27.0 Å². The van der Waals surface area contributed by atoms with Gasteiger partial charge in [0.2, 0.25) is 10.0 Å². The highest BCUT2D eigenvalue weighted by atomic mass is 32.2. The first-order valence-electron chi connectivity index (χ1n) is 7.42. The molecule has 3 rings (SSSR count). The second-order valence-corrected chi connectivity index (χ2v) is 8.09. The van der Waals surface area contributed by atoms with Gasteiger partial charge in [0.15, 0.2) is 17.0 Å². The molecule has 2 atom stereocenters. The number of nitrogens with zero attached hydrogens (tertiary/aromatic N) is 5. The van der Waals surface area contributed by atoms with Crippen LogP contribution in [0.4, 0.5) is 14.6 Å². The predicted octanol–water partition coefficient (Wildman–Crippen LogP) is 0.940. The van der Waals surface area contributed by atoms with Crippen LogP contribution in [-0.4, -0.2) is 63.8 Å². The molecule has 0 bridgehead atoms. The average Bonchev–Trinajstić information content (AvgIpc) is 3.02. The van der Waals surface area contributed by atoms with Crippen LogP contribution in [0.15, 0.2) is 6.33 Å². The van der Waals surface area contributed by atoms with Crippen LogP contribution < -0.4 is 5.32 Å². The van der Waals surface area contributed by atoms with Crippen LogP contribution in [0.1, 0.15) is 19.9 Å². The van der Waals surface area contributed by atoms with Gasteiger partial charge in [-0.15, -0.1) is 0 Å². The fourth-order valence-electron chi connectivity index (χ4n) is 2.68. The van der Waals surface area contributed by atoms with E-state index in [-0.39, 0.29) is 24.9 Å². The van der Waals surface area contributed by atoms with E-state index in [1.54, 1.807) is 4.57 Å². The lowest BCUT2D eigenvalue weighted by atomic mass is 10.2. The molecule has 0 radical (unpaired) electrons. The summed E-state index contributed by atoms with van der Waals surface area (Å²) in [4.78, 5) is 11.6. The highest BCUT2D eigenvalue weighted by Crippen LogP contribution is 2.25. The minimum absolute atomic E-state index is 0.0123. The van der Waals surface area contributed by atoms with Gasteiger partial charge in [-0.25, -0.2) is 17.8 Å². The summed E-state index contributed by atoms with van der Waals surface area (Å²) in [7, 11) is -3.49. The molecule has 2 aromatic heterocycles. The Balaban J connectivity index is 1.93. The number of nitrogens with one attached hydrogen (secondary N) is 1. The Bertz CT molecular complexity index is 869. The standard InChI is InChI=1S/C13H18F2N6O2S/c1-7(2)21-6-16-10-11(18-13(15)19-12(10)21)17-9-5-20(4-8(9)14)24(3,22)23/h6-9H,4-5H2,1-3H3,(H,17,18,19)/t8-,9-/m1/s1. The summed E-state index contributed by atoms with van der Waals surface area (Å²) in [6, 6.07) is -0.820. The normalized spacial score (nSPS) is 22.6. The molecule has 0 aromatic carbocycles. The largest absolute Gasteiger partial charge is 0.361 e. The number of fused-ring (bicyclic) bond motifs is 1. The quantitative estimate of drug-likeness (QED) is 0.816. The molecule has 1 fully saturated rings. The number of rotatable bonds is 4. The van der Waals surface area contributed by atoms with Crippen molar-refractivity contribution in [2.75, 3.05) is 24.7 Å². The van der Waals surface area contributed by atoms with E-state index in [9.17, 15) is 17.2 Å². The topological polar surface area (TPSA) is 93.0 Å². The molecule has 0 spiro atoms. The molecule has 0 amide bonds. The first kappa shape index (κ1) is 17.0. The number of halogens is 2. The van der Waals surface area contributed by atoms with E-state index in [0.29, 0.717) is 11.2 Å². The molecule has 1 aliphatic rings. The van der Waals surface area contributed by atoms with Crippen LogP contribution >= 0.6 is 0 Å². The van der Waals surface area contributed by atoms with E-state index < -0.39 is 28.3 Å². The van der Waals surface area contributed by atoms with Gasteiger partial charge in [-0.3, -0.25) is 0 Å². The number of alkyl halides is 1. The third-order valence-corrected chi connectivity index (χ3v) is 5.19. The molecule has 3 heterocycles. The zero-order valence-corrected chi connectivity index (χ0v) is 14.3. The van der Waals surface area contributed by atoms with Crippen LogP contribution in [-0.2, 0) is 10.0 Å². The predicted molar refractivity (Wildman–Crippen MR) is 84.4 cm³/mol. The number of hydrogen-bond donors (Lipinski definition) is 1. The van der Waals surface area contributed by atoms with Crippen molar-refractivity contribution in [3.8, 4) is 0 Å². The Morgan fingerprint density at radius 2 is 2.04 bits per heavy atom. The minimum atomic E-state index is -3.49. The summed E-state index contributed by atoms with van der Waals surface area (Å²) < 4.78 is 53.7. The van der Waals surface area contributed by atoms with E-state index in [0.717, 1.165) is 10.6 Å². The molecule has 11 heteroatoms. The molecular weight excluding hydrogens is 342 g/mol. The molecule has 1 aliphatic heterocycles. The summed E-state index contributed by atoms with van der Waals surface area (Å²) in [5.74, 6) is 0.0555. The van der Waals surface area contributed by atoms with Gasteiger partial charge in [0.1, 0.15) is 6.17 Å². The van der Waals surface area contributed by atoms with E-state index in [1.165, 1.54) is 6.33 Å². The maximum absolute atomic E-state index is 14.2. The molecule has 0 saturated carbocycles. The summed E-state index contributed by atoms with van der Waals surface area (Å²) >= 11 is 0. The van der Waals surface area contributed by atoms with Gasteiger partial charge in [-0.1, -0.05) is 0 Å². The molecule has 24 heavy (non-hydrogen) atoms. The fourth-order valence-corrected chi connectivity index (χ4v) is 3.53. The fraction of sp³-hybridized carbons (Fsp3) is 0.615. The Labute approximate surface area is 138 Å². The Morgan fingerprint density at radius 3 is 2.62 bits per heavy atom. The Hall–Kier alpha value is -1.88. The summed E-state index contributed by atoms with van der Waals surface area (Å²) in [6.07, 6.45) is 0.148. The Morgan fingerprint density at radius 1 is 1.33 bits per heavy atom. The van der Waals surface area contributed by atoms with E-state index in [4.69, 9.17) is 0 Å². The summed E-state index contributed by atoms with van der Waals surface area (Å²) in [5.41, 5.74) is 0.614. The molecule has 0 aliphatic carbocycles. The van der Waals surface area contributed by atoms with E-state index in [2.05, 4.69) is 20.3 Å². The first-order valence-corrected chi connectivity index (χ1v) is 9.27. The smallest absolute Gasteiger partial charge is 0.312 e. The first-order chi connectivity index (χ1) is 11.2. The van der Waals surface area contributed by atoms with Crippen LogP contribution in [0.25, 0.3) is 11.2 Å². The number of anilines is 1. The van der Waals surface area contributed by atoms with Crippen molar-refractivity contribution in [1.29, 1.82) is 0 Å². The van der Waals surface area contributed by atoms with Gasteiger partial charge in [0, 0.05) is 19.1 Å². The van der Waals surface area contributed by atoms with Gasteiger partial charge in [0.05, 0.1) is 18.6 Å². The van der Waals surface area contributed by atoms with Crippen LogP contribution in [0.5, 0.6) is 0 Å². The van der Waals surface area contributed by atoms with Crippen molar-refractivity contribution in [3.05, 3.63) is 12.4 Å². The molecule has 8 nitrogen and oxygen atoms in total. The van der Waals surface area contributed by atoms with Crippen LogP contribution in [0.3, 0.4) is 0 Å². The van der Waals surface area contributed by atoms with Gasteiger partial charge in [-0.05, 0) is 13.8 Å².